The van der Waals surface area contributed by atoms with E-state index in [1.165, 1.54) is 12.1 Å². The normalized spacial score (nSPS) is 10.3. The monoisotopic (exact) mass is 353 g/mol. The molecule has 0 saturated heterocycles. The van der Waals surface area contributed by atoms with Gasteiger partial charge in [0.1, 0.15) is 5.75 Å². The Morgan fingerprint density at radius 2 is 2.05 bits per heavy atom. The minimum absolute atomic E-state index is 0.134. The maximum atomic E-state index is 12.2. The number of aromatic hydroxyl groups is 1. The van der Waals surface area contributed by atoms with Crippen molar-refractivity contribution in [2.45, 2.75) is 13.3 Å². The summed E-state index contributed by atoms with van der Waals surface area (Å²) in [4.78, 5) is 12.2. The number of carbonyl (C=O) groups excluding carboxylic acids is 1. The molecule has 2 rings (SSSR count). The van der Waals surface area contributed by atoms with E-state index in [4.69, 9.17) is 11.6 Å². The quantitative estimate of drug-likeness (QED) is 0.845. The molecule has 20 heavy (non-hydrogen) atoms. The number of hydrogen-bond acceptors (Lipinski definition) is 2. The van der Waals surface area contributed by atoms with Crippen molar-refractivity contribution in [3.05, 3.63) is 57.0 Å². The largest absolute Gasteiger partial charge is 0.507 e. The molecule has 0 radical (unpaired) electrons. The van der Waals surface area contributed by atoms with Crippen LogP contribution < -0.4 is 5.32 Å². The van der Waals surface area contributed by atoms with Crippen molar-refractivity contribution in [1.82, 2.24) is 0 Å². The summed E-state index contributed by atoms with van der Waals surface area (Å²) in [6.07, 6.45) is 0.793. The molecule has 0 heterocycles. The van der Waals surface area contributed by atoms with Crippen molar-refractivity contribution in [2.24, 2.45) is 0 Å². The van der Waals surface area contributed by atoms with Crippen LogP contribution in [-0.2, 0) is 6.42 Å². The molecule has 1 amide bonds. The summed E-state index contributed by atoms with van der Waals surface area (Å²) < 4.78 is 0.960. The summed E-state index contributed by atoms with van der Waals surface area (Å²) in [6, 6.07) is 10.1. The first-order chi connectivity index (χ1) is 9.51. The lowest BCUT2D eigenvalue weighted by Crippen LogP contribution is -2.13. The average molecular weight is 355 g/mol. The first-order valence-electron chi connectivity index (χ1n) is 6.09. The molecule has 2 N–H and O–H groups in total. The molecule has 104 valence electrons. The number of nitrogens with one attached hydrogen (secondary N) is 1. The van der Waals surface area contributed by atoms with Gasteiger partial charge >= 0.3 is 0 Å². The molecule has 0 aliphatic heterocycles. The molecule has 0 saturated carbocycles. The zero-order valence-corrected chi connectivity index (χ0v) is 13.1. The lowest BCUT2D eigenvalue weighted by atomic mass is 10.1. The van der Waals surface area contributed by atoms with Crippen LogP contribution in [0.2, 0.25) is 5.02 Å². The smallest absolute Gasteiger partial charge is 0.259 e. The van der Waals surface area contributed by atoms with Gasteiger partial charge in [-0.05, 0) is 48.4 Å². The molecule has 0 bridgehead atoms. The molecule has 0 fully saturated rings. The molecule has 5 heteroatoms. The average Bonchev–Trinajstić information content (AvgIpc) is 2.40. The number of carbonyl (C=O) groups is 1. The summed E-state index contributed by atoms with van der Waals surface area (Å²) >= 11 is 9.15. The van der Waals surface area contributed by atoms with Gasteiger partial charge in [0.15, 0.2) is 0 Å². The Bertz CT molecular complexity index is 658. The third-order valence-corrected chi connectivity index (χ3v) is 3.63. The molecule has 3 nitrogen and oxygen atoms in total. The lowest BCUT2D eigenvalue weighted by Gasteiger charge is -2.11. The van der Waals surface area contributed by atoms with E-state index in [-0.39, 0.29) is 17.2 Å². The van der Waals surface area contributed by atoms with E-state index in [1.807, 2.05) is 25.1 Å². The van der Waals surface area contributed by atoms with Gasteiger partial charge in [0.25, 0.3) is 5.91 Å². The second-order valence-electron chi connectivity index (χ2n) is 4.27. The summed E-state index contributed by atoms with van der Waals surface area (Å²) in [7, 11) is 0. The van der Waals surface area contributed by atoms with E-state index in [0.29, 0.717) is 5.02 Å². The Balaban J connectivity index is 2.28. The number of benzene rings is 2. The molecule has 0 aromatic heterocycles. The second-order valence-corrected chi connectivity index (χ2v) is 5.62. The molecule has 2 aromatic rings. The predicted octanol–water partition coefficient (Wildman–Crippen LogP) is 4.62. The van der Waals surface area contributed by atoms with Crippen LogP contribution >= 0.6 is 27.5 Å². The van der Waals surface area contributed by atoms with Gasteiger partial charge in [-0.3, -0.25) is 4.79 Å². The highest BCUT2D eigenvalue weighted by molar-refractivity contribution is 9.10. The van der Waals surface area contributed by atoms with Crippen LogP contribution in [0.15, 0.2) is 40.9 Å². The van der Waals surface area contributed by atoms with Gasteiger partial charge < -0.3 is 10.4 Å². The Morgan fingerprint density at radius 1 is 1.30 bits per heavy atom. The van der Waals surface area contributed by atoms with E-state index in [0.717, 1.165) is 22.1 Å². The second kappa shape index (κ2) is 6.29. The van der Waals surface area contributed by atoms with Crippen molar-refractivity contribution in [2.75, 3.05) is 5.32 Å². The highest BCUT2D eigenvalue weighted by atomic mass is 79.9. The van der Waals surface area contributed by atoms with Crippen molar-refractivity contribution in [3.63, 3.8) is 0 Å². The molecule has 0 aliphatic rings. The fraction of sp³-hybridized carbons (Fsp3) is 0.133. The Kier molecular flexibility index (Phi) is 4.68. The number of aryl methyl sites for hydroxylation is 1. The Hall–Kier alpha value is -1.52. The SMILES string of the molecule is CCc1cc(Br)ccc1NC(=O)c1ccc(Cl)cc1O. The standard InChI is InChI=1S/C15H13BrClNO2/c1-2-9-7-10(16)3-6-13(9)18-15(20)12-5-4-11(17)8-14(12)19/h3-8,19H,2H2,1H3,(H,18,20). The number of anilines is 1. The first-order valence-corrected chi connectivity index (χ1v) is 7.26. The number of amides is 1. The van der Waals surface area contributed by atoms with Gasteiger partial charge in [-0.2, -0.15) is 0 Å². The molecular weight excluding hydrogens is 342 g/mol. The maximum absolute atomic E-state index is 12.2. The van der Waals surface area contributed by atoms with Crippen LogP contribution in [0, 0.1) is 0 Å². The number of phenolic OH excluding ortho intramolecular Hbond substituents is 1. The first kappa shape index (κ1) is 14.9. The van der Waals surface area contributed by atoms with Crippen LogP contribution in [-0.4, -0.2) is 11.0 Å². The maximum Gasteiger partial charge on any atom is 0.259 e. The highest BCUT2D eigenvalue weighted by Gasteiger charge is 2.13. The molecular formula is C15H13BrClNO2. The van der Waals surface area contributed by atoms with Crippen molar-refractivity contribution in [1.29, 1.82) is 0 Å². The number of phenols is 1. The fourth-order valence-electron chi connectivity index (χ4n) is 1.86. The molecule has 0 atom stereocenters. The van der Waals surface area contributed by atoms with Crippen molar-refractivity contribution in [3.8, 4) is 5.75 Å². The van der Waals surface area contributed by atoms with Gasteiger partial charge in [0.2, 0.25) is 0 Å². The van der Waals surface area contributed by atoms with Crippen LogP contribution in [0.25, 0.3) is 0 Å². The minimum atomic E-state index is -0.365. The summed E-state index contributed by atoms with van der Waals surface area (Å²) in [6.45, 7) is 2.01. The fourth-order valence-corrected chi connectivity index (χ4v) is 2.44. The van der Waals surface area contributed by atoms with Crippen LogP contribution in [0.1, 0.15) is 22.8 Å². The molecule has 0 spiro atoms. The van der Waals surface area contributed by atoms with Gasteiger partial charge in [0.05, 0.1) is 5.56 Å². The Morgan fingerprint density at radius 3 is 2.70 bits per heavy atom. The van der Waals surface area contributed by atoms with Gasteiger partial charge in [0, 0.05) is 15.2 Å². The van der Waals surface area contributed by atoms with E-state index >= 15 is 0 Å². The van der Waals surface area contributed by atoms with Crippen LogP contribution in [0.4, 0.5) is 5.69 Å². The third-order valence-electron chi connectivity index (χ3n) is 2.90. The van der Waals surface area contributed by atoms with Crippen LogP contribution in [0.3, 0.4) is 0 Å². The van der Waals surface area contributed by atoms with Gasteiger partial charge in [-0.1, -0.05) is 34.5 Å². The lowest BCUT2D eigenvalue weighted by molar-refractivity contribution is 0.102. The van der Waals surface area contributed by atoms with Gasteiger partial charge in [-0.25, -0.2) is 0 Å². The zero-order valence-electron chi connectivity index (χ0n) is 10.8. The number of hydrogen-bond donors (Lipinski definition) is 2. The molecule has 0 aliphatic carbocycles. The zero-order chi connectivity index (χ0) is 14.7. The van der Waals surface area contributed by atoms with E-state index in [9.17, 15) is 9.90 Å². The van der Waals surface area contributed by atoms with Crippen LogP contribution in [0.5, 0.6) is 5.75 Å². The minimum Gasteiger partial charge on any atom is -0.507 e. The highest BCUT2D eigenvalue weighted by Crippen LogP contribution is 2.25. The summed E-state index contributed by atoms with van der Waals surface area (Å²) in [5.74, 6) is -0.499. The summed E-state index contributed by atoms with van der Waals surface area (Å²) in [5.41, 5.74) is 1.94. The number of halogens is 2. The predicted molar refractivity (Wildman–Crippen MR) is 84.6 cm³/mol. The van der Waals surface area contributed by atoms with E-state index in [1.54, 1.807) is 6.07 Å². The van der Waals surface area contributed by atoms with E-state index in [2.05, 4.69) is 21.2 Å². The topological polar surface area (TPSA) is 49.3 Å². The van der Waals surface area contributed by atoms with Crippen molar-refractivity contribution >= 4 is 39.1 Å². The third kappa shape index (κ3) is 3.32. The van der Waals surface area contributed by atoms with Gasteiger partial charge in [-0.15, -0.1) is 0 Å². The Labute approximate surface area is 130 Å². The van der Waals surface area contributed by atoms with Crippen molar-refractivity contribution < 1.29 is 9.90 Å². The summed E-state index contributed by atoms with van der Waals surface area (Å²) in [5, 5.41) is 12.9. The number of rotatable bonds is 3. The molecule has 2 aromatic carbocycles. The molecule has 0 unspecified atom stereocenters. The van der Waals surface area contributed by atoms with E-state index < -0.39 is 0 Å².